The highest BCUT2D eigenvalue weighted by atomic mass is 32.2. The van der Waals surface area contributed by atoms with Gasteiger partial charge in [0.15, 0.2) is 16.6 Å². The van der Waals surface area contributed by atoms with Gasteiger partial charge in [-0.25, -0.2) is 8.42 Å². The number of hydrogen-bond acceptors (Lipinski definition) is 6. The van der Waals surface area contributed by atoms with Gasteiger partial charge in [0.2, 0.25) is 0 Å². The van der Waals surface area contributed by atoms with E-state index in [1.165, 1.54) is 18.9 Å². The summed E-state index contributed by atoms with van der Waals surface area (Å²) < 4.78 is 50.0. The quantitative estimate of drug-likeness (QED) is 0.213. The second kappa shape index (κ2) is 11.4. The second-order valence-electron chi connectivity index (χ2n) is 8.56. The predicted octanol–water partition coefficient (Wildman–Crippen LogP) is 4.27. The van der Waals surface area contributed by atoms with Gasteiger partial charge in [-0.3, -0.25) is 0 Å². The first-order chi connectivity index (χ1) is 11.7. The summed E-state index contributed by atoms with van der Waals surface area (Å²) in [5, 5.41) is 0. The van der Waals surface area contributed by atoms with Crippen LogP contribution < -0.4 is 0 Å². The molecule has 26 heavy (non-hydrogen) atoms. The van der Waals surface area contributed by atoms with Crippen molar-refractivity contribution < 1.29 is 25.9 Å². The number of rotatable bonds is 15. The van der Waals surface area contributed by atoms with Crippen molar-refractivity contribution in [1.82, 2.24) is 0 Å². The molecule has 0 fully saturated rings. The third-order valence-electron chi connectivity index (χ3n) is 3.93. The zero-order valence-electron chi connectivity index (χ0n) is 17.7. The van der Waals surface area contributed by atoms with Crippen LogP contribution in [0.25, 0.3) is 0 Å². The van der Waals surface area contributed by atoms with Crippen molar-refractivity contribution in [1.29, 1.82) is 0 Å². The fraction of sp³-hybridized carbons (Fsp3) is 1.00. The normalized spacial score (nSPS) is 14.0. The molecule has 0 aliphatic carbocycles. The Labute approximate surface area is 164 Å². The molecule has 0 atom stereocenters. The summed E-state index contributed by atoms with van der Waals surface area (Å²) in [6, 6.07) is 2.15. The lowest BCUT2D eigenvalue weighted by molar-refractivity contribution is 0.135. The van der Waals surface area contributed by atoms with Crippen molar-refractivity contribution in [3.05, 3.63) is 0 Å². The fourth-order valence-electron chi connectivity index (χ4n) is 3.10. The van der Waals surface area contributed by atoms with Gasteiger partial charge >= 0.3 is 8.56 Å². The number of ether oxygens (including phenoxy) is 1. The molecule has 0 spiro atoms. The molecule has 0 unspecified atom stereocenters. The Kier molecular flexibility index (Phi) is 11.6. The number of hydrogen-bond donors (Lipinski definition) is 0. The minimum Gasteiger partial charge on any atom is -0.748 e. The zero-order chi connectivity index (χ0) is 20.5. The van der Waals surface area contributed by atoms with Gasteiger partial charge in [-0.1, -0.05) is 19.8 Å². The predicted molar refractivity (Wildman–Crippen MR) is 114 cm³/mol. The van der Waals surface area contributed by atoms with Crippen molar-refractivity contribution in [3.63, 3.8) is 0 Å². The van der Waals surface area contributed by atoms with Crippen LogP contribution in [0.2, 0.25) is 51.4 Å². The molecular formula is C16H39O6SSi3-. The summed E-state index contributed by atoms with van der Waals surface area (Å²) in [4.78, 5) is 0. The second-order valence-corrected chi connectivity index (χ2v) is 22.6. The Hall–Kier alpha value is 0.441. The molecule has 0 saturated heterocycles. The fourth-order valence-corrected chi connectivity index (χ4v) is 17.8. The average molecular weight is 444 g/mol. The van der Waals surface area contributed by atoms with Crippen LogP contribution in [0, 0.1) is 0 Å². The van der Waals surface area contributed by atoms with Gasteiger partial charge in [-0.05, 0) is 64.2 Å². The van der Waals surface area contributed by atoms with E-state index in [0.717, 1.165) is 12.5 Å². The first-order valence-electron chi connectivity index (χ1n) is 9.60. The molecule has 0 N–H and O–H groups in total. The van der Waals surface area contributed by atoms with Crippen molar-refractivity contribution in [2.24, 2.45) is 0 Å². The monoisotopic (exact) mass is 443 g/mol. The lowest BCUT2D eigenvalue weighted by Gasteiger charge is -2.38. The van der Waals surface area contributed by atoms with Crippen LogP contribution in [0.15, 0.2) is 0 Å². The standard InChI is InChI=1S/C16H40O6SSi3/c1-8-9-15-24(2,3)21-26(6,7)22-25(4,5)16-11-13-20-12-10-14-23(17,18)19/h8-16H2,1-7H3,(H,17,18,19)/p-1. The summed E-state index contributed by atoms with van der Waals surface area (Å²) in [5.74, 6) is -0.356. The smallest absolute Gasteiger partial charge is 0.311 e. The van der Waals surface area contributed by atoms with Gasteiger partial charge in [0.25, 0.3) is 0 Å². The van der Waals surface area contributed by atoms with Gasteiger partial charge in [0.05, 0.1) is 10.1 Å². The van der Waals surface area contributed by atoms with Crippen molar-refractivity contribution in [3.8, 4) is 0 Å². The van der Waals surface area contributed by atoms with E-state index >= 15 is 0 Å². The van der Waals surface area contributed by atoms with E-state index in [9.17, 15) is 13.0 Å². The Bertz CT molecular complexity index is 494. The van der Waals surface area contributed by atoms with Crippen molar-refractivity contribution >= 4 is 35.3 Å². The molecule has 0 aliphatic heterocycles. The Morgan fingerprint density at radius 2 is 1.27 bits per heavy atom. The van der Waals surface area contributed by atoms with Crippen LogP contribution in [0.1, 0.15) is 32.6 Å². The summed E-state index contributed by atoms with van der Waals surface area (Å²) in [7, 11) is -9.78. The molecule has 0 saturated carbocycles. The van der Waals surface area contributed by atoms with E-state index in [0.29, 0.717) is 13.2 Å². The first-order valence-corrected chi connectivity index (χ1v) is 20.2. The minimum absolute atomic E-state index is 0.258. The summed E-state index contributed by atoms with van der Waals surface area (Å²) in [6.45, 7) is 16.4. The summed E-state index contributed by atoms with van der Waals surface area (Å²) in [6.07, 6.45) is 3.55. The molecule has 0 radical (unpaired) electrons. The van der Waals surface area contributed by atoms with E-state index < -0.39 is 35.3 Å². The lowest BCUT2D eigenvalue weighted by atomic mass is 10.4. The molecule has 6 nitrogen and oxygen atoms in total. The van der Waals surface area contributed by atoms with Crippen molar-refractivity contribution in [2.75, 3.05) is 19.0 Å². The molecule has 0 aromatic heterocycles. The highest BCUT2D eigenvalue weighted by Crippen LogP contribution is 2.26. The van der Waals surface area contributed by atoms with Crippen LogP contribution in [0.3, 0.4) is 0 Å². The zero-order valence-corrected chi connectivity index (χ0v) is 21.5. The largest absolute Gasteiger partial charge is 0.748 e. The van der Waals surface area contributed by atoms with E-state index in [1.54, 1.807) is 0 Å². The SMILES string of the molecule is CCCC[Si](C)(C)O[Si](C)(C)O[Si](C)(C)CCCOCCCS(=O)(=O)[O-]. The maximum absolute atomic E-state index is 10.5. The van der Waals surface area contributed by atoms with Gasteiger partial charge in [-0.2, -0.15) is 0 Å². The molecule has 10 heteroatoms. The van der Waals surface area contributed by atoms with Crippen LogP contribution in [0.5, 0.6) is 0 Å². The molecule has 0 rings (SSSR count). The highest BCUT2D eigenvalue weighted by molar-refractivity contribution is 7.85. The van der Waals surface area contributed by atoms with Crippen LogP contribution in [-0.2, 0) is 23.1 Å². The maximum atomic E-state index is 10.5. The molecule has 158 valence electrons. The molecular weight excluding hydrogens is 404 g/mol. The van der Waals surface area contributed by atoms with Crippen molar-refractivity contribution in [2.45, 2.75) is 84.0 Å². The van der Waals surface area contributed by atoms with Gasteiger partial charge < -0.3 is 17.5 Å². The van der Waals surface area contributed by atoms with Gasteiger partial charge in [-0.15, -0.1) is 0 Å². The topological polar surface area (TPSA) is 84.9 Å². The molecule has 0 aromatic carbocycles. The number of unbranched alkanes of at least 4 members (excludes halogenated alkanes) is 1. The highest BCUT2D eigenvalue weighted by Gasteiger charge is 2.39. The molecule has 0 heterocycles. The van der Waals surface area contributed by atoms with E-state index in [1.807, 2.05) is 0 Å². The molecule has 0 amide bonds. The Morgan fingerprint density at radius 3 is 1.73 bits per heavy atom. The molecule has 0 bridgehead atoms. The summed E-state index contributed by atoms with van der Waals surface area (Å²) >= 11 is 0. The van der Waals surface area contributed by atoms with Gasteiger partial charge in [0.1, 0.15) is 0 Å². The lowest BCUT2D eigenvalue weighted by Crippen LogP contribution is -2.52. The van der Waals surface area contributed by atoms with Crippen LogP contribution in [0.4, 0.5) is 0 Å². The maximum Gasteiger partial charge on any atom is 0.311 e. The molecule has 0 aromatic rings. The van der Waals surface area contributed by atoms with E-state index in [-0.39, 0.29) is 12.2 Å². The van der Waals surface area contributed by atoms with E-state index in [2.05, 4.69) is 46.2 Å². The Morgan fingerprint density at radius 1 is 0.808 bits per heavy atom. The average Bonchev–Trinajstić information content (AvgIpc) is 2.40. The van der Waals surface area contributed by atoms with Crippen LogP contribution >= 0.6 is 0 Å². The summed E-state index contributed by atoms with van der Waals surface area (Å²) in [5.41, 5.74) is 0. The first kappa shape index (κ1) is 26.4. The third-order valence-corrected chi connectivity index (χ3v) is 16.2. The van der Waals surface area contributed by atoms with E-state index in [4.69, 9.17) is 13.0 Å². The minimum atomic E-state index is -4.13. The van der Waals surface area contributed by atoms with Gasteiger partial charge in [0, 0.05) is 19.0 Å². The van der Waals surface area contributed by atoms with Crippen LogP contribution in [-0.4, -0.2) is 57.1 Å². The third kappa shape index (κ3) is 15.5. The molecule has 0 aliphatic rings. The Balaban J connectivity index is 4.17.